The molecule has 1 fully saturated rings. The number of nitrogens with two attached hydrogens (primary N) is 1. The van der Waals surface area contributed by atoms with Crippen LogP contribution in [-0.4, -0.2) is 36.9 Å². The number of amides is 1. The Balaban J connectivity index is 2.47. The van der Waals surface area contributed by atoms with Gasteiger partial charge in [0.25, 0.3) is 0 Å². The van der Waals surface area contributed by atoms with Crippen molar-refractivity contribution in [2.24, 2.45) is 10.9 Å². The lowest BCUT2D eigenvalue weighted by atomic mass is 10.4. The predicted molar refractivity (Wildman–Crippen MR) is 35.2 cm³/mol. The molecule has 2 N–H and O–H groups in total. The number of rotatable bonds is 1. The summed E-state index contributed by atoms with van der Waals surface area (Å²) in [5.41, 5.74) is 0. The van der Waals surface area contributed by atoms with Crippen LogP contribution in [0.4, 0.5) is 0 Å². The summed E-state index contributed by atoms with van der Waals surface area (Å²) < 4.78 is 4.98. The van der Waals surface area contributed by atoms with Gasteiger partial charge in [-0.25, -0.2) is 0 Å². The van der Waals surface area contributed by atoms with Gasteiger partial charge in [0.05, 0.1) is 13.1 Å². The highest BCUT2D eigenvalue weighted by Crippen LogP contribution is 1.95. The molecule has 5 heteroatoms. The molecule has 0 aromatic heterocycles. The number of carbonyl (C=O) groups excluding carboxylic acids is 1. The number of hydrogen-bond acceptors (Lipinski definition) is 4. The van der Waals surface area contributed by atoms with E-state index in [9.17, 15) is 4.79 Å². The van der Waals surface area contributed by atoms with Crippen LogP contribution < -0.4 is 5.84 Å². The first-order chi connectivity index (χ1) is 4.86. The second kappa shape index (κ2) is 3.05. The number of hydrazone groups is 1. The molecule has 1 saturated heterocycles. The van der Waals surface area contributed by atoms with E-state index in [1.54, 1.807) is 4.90 Å². The second-order valence-corrected chi connectivity index (χ2v) is 1.95. The van der Waals surface area contributed by atoms with Crippen molar-refractivity contribution >= 4 is 12.3 Å². The normalized spacial score (nSPS) is 22.4. The predicted octanol–water partition coefficient (Wildman–Crippen LogP) is -1.25. The third-order valence-electron chi connectivity index (χ3n) is 1.28. The average molecular weight is 143 g/mol. The SMILES string of the molecule is NN=C1CN(C=O)CCO1. The Hall–Kier alpha value is -1.26. The zero-order valence-corrected chi connectivity index (χ0v) is 5.49. The molecule has 1 aliphatic rings. The third-order valence-corrected chi connectivity index (χ3v) is 1.28. The molecule has 1 rings (SSSR count). The van der Waals surface area contributed by atoms with Gasteiger partial charge in [-0.2, -0.15) is 0 Å². The molecule has 5 nitrogen and oxygen atoms in total. The monoisotopic (exact) mass is 143 g/mol. The van der Waals surface area contributed by atoms with Gasteiger partial charge in [-0.1, -0.05) is 0 Å². The fourth-order valence-corrected chi connectivity index (χ4v) is 0.747. The van der Waals surface area contributed by atoms with Crippen LogP contribution in [0.15, 0.2) is 5.10 Å². The molecule has 0 radical (unpaired) electrons. The van der Waals surface area contributed by atoms with Crippen molar-refractivity contribution in [3.63, 3.8) is 0 Å². The molecule has 0 aliphatic carbocycles. The largest absolute Gasteiger partial charge is 0.477 e. The summed E-state index contributed by atoms with van der Waals surface area (Å²) >= 11 is 0. The zero-order chi connectivity index (χ0) is 7.40. The Labute approximate surface area is 58.4 Å². The first kappa shape index (κ1) is 6.85. The zero-order valence-electron chi connectivity index (χ0n) is 5.49. The van der Waals surface area contributed by atoms with E-state index in [1.165, 1.54) is 0 Å². The molecule has 1 amide bonds. The molecular formula is C5H9N3O2. The maximum absolute atomic E-state index is 10.2. The lowest BCUT2D eigenvalue weighted by Gasteiger charge is -2.23. The quantitative estimate of drug-likeness (QED) is 0.283. The maximum atomic E-state index is 10.2. The minimum atomic E-state index is 0.389. The Morgan fingerprint density at radius 3 is 3.20 bits per heavy atom. The molecule has 0 spiro atoms. The van der Waals surface area contributed by atoms with Crippen LogP contribution in [-0.2, 0) is 9.53 Å². The van der Waals surface area contributed by atoms with Gasteiger partial charge in [-0.3, -0.25) is 4.79 Å². The smallest absolute Gasteiger partial charge is 0.225 e. The lowest BCUT2D eigenvalue weighted by molar-refractivity contribution is -0.118. The van der Waals surface area contributed by atoms with E-state index in [0.717, 1.165) is 6.41 Å². The third kappa shape index (κ3) is 1.37. The minimum absolute atomic E-state index is 0.389. The van der Waals surface area contributed by atoms with Crippen molar-refractivity contribution in [1.82, 2.24) is 4.90 Å². The summed E-state index contributed by atoms with van der Waals surface area (Å²) in [7, 11) is 0. The standard InChI is InChI=1S/C5H9N3O2/c6-7-5-3-8(4-9)1-2-10-5/h4H,1-3,6H2. The summed E-state index contributed by atoms with van der Waals surface area (Å²) in [4.78, 5) is 11.7. The topological polar surface area (TPSA) is 67.9 Å². The van der Waals surface area contributed by atoms with Gasteiger partial charge in [0.15, 0.2) is 0 Å². The fraction of sp³-hybridized carbons (Fsp3) is 0.600. The van der Waals surface area contributed by atoms with Crippen molar-refractivity contribution in [3.05, 3.63) is 0 Å². The molecule has 0 bridgehead atoms. The number of carbonyl (C=O) groups is 1. The van der Waals surface area contributed by atoms with Crippen molar-refractivity contribution < 1.29 is 9.53 Å². The van der Waals surface area contributed by atoms with Gasteiger partial charge in [0, 0.05) is 0 Å². The van der Waals surface area contributed by atoms with Crippen LogP contribution in [0.3, 0.4) is 0 Å². The lowest BCUT2D eigenvalue weighted by Crippen LogP contribution is -2.39. The summed E-state index contributed by atoms with van der Waals surface area (Å²) in [5, 5.41) is 3.34. The molecule has 0 unspecified atom stereocenters. The maximum Gasteiger partial charge on any atom is 0.225 e. The number of nitrogens with zero attached hydrogens (tertiary/aromatic N) is 2. The average Bonchev–Trinajstić information content (AvgIpc) is 2.05. The molecule has 0 atom stereocenters. The van der Waals surface area contributed by atoms with E-state index >= 15 is 0 Å². The van der Waals surface area contributed by atoms with Crippen molar-refractivity contribution in [2.75, 3.05) is 19.7 Å². The van der Waals surface area contributed by atoms with Crippen LogP contribution in [0.25, 0.3) is 0 Å². The van der Waals surface area contributed by atoms with E-state index < -0.39 is 0 Å². The highest BCUT2D eigenvalue weighted by molar-refractivity contribution is 5.80. The molecule has 1 heterocycles. The van der Waals surface area contributed by atoms with E-state index in [0.29, 0.717) is 25.6 Å². The van der Waals surface area contributed by atoms with E-state index in [4.69, 9.17) is 10.6 Å². The van der Waals surface area contributed by atoms with E-state index in [-0.39, 0.29) is 0 Å². The fourth-order valence-electron chi connectivity index (χ4n) is 0.747. The molecule has 56 valence electrons. The molecular weight excluding hydrogens is 134 g/mol. The highest BCUT2D eigenvalue weighted by Gasteiger charge is 2.13. The van der Waals surface area contributed by atoms with Crippen molar-refractivity contribution in [2.45, 2.75) is 0 Å². The Bertz CT molecular complexity index is 157. The Morgan fingerprint density at radius 1 is 1.80 bits per heavy atom. The first-order valence-electron chi connectivity index (χ1n) is 2.95. The van der Waals surface area contributed by atoms with E-state index in [1.807, 2.05) is 0 Å². The Morgan fingerprint density at radius 2 is 2.60 bits per heavy atom. The van der Waals surface area contributed by atoms with Crippen LogP contribution in [0, 0.1) is 0 Å². The first-order valence-corrected chi connectivity index (χ1v) is 2.95. The van der Waals surface area contributed by atoms with E-state index in [2.05, 4.69) is 5.10 Å². The number of morpholine rings is 1. The Kier molecular flexibility index (Phi) is 2.09. The van der Waals surface area contributed by atoms with Crippen molar-refractivity contribution in [3.8, 4) is 0 Å². The van der Waals surface area contributed by atoms with Gasteiger partial charge in [0.1, 0.15) is 6.61 Å². The summed E-state index contributed by atoms with van der Waals surface area (Å²) in [6.07, 6.45) is 0.758. The van der Waals surface area contributed by atoms with Gasteiger partial charge < -0.3 is 15.5 Å². The van der Waals surface area contributed by atoms with Gasteiger partial charge in [-0.05, 0) is 0 Å². The number of hydrogen-bond donors (Lipinski definition) is 1. The molecule has 10 heavy (non-hydrogen) atoms. The van der Waals surface area contributed by atoms with Gasteiger partial charge in [-0.15, -0.1) is 5.10 Å². The van der Waals surface area contributed by atoms with Crippen LogP contribution >= 0.6 is 0 Å². The second-order valence-electron chi connectivity index (χ2n) is 1.95. The minimum Gasteiger partial charge on any atom is -0.477 e. The van der Waals surface area contributed by atoms with Gasteiger partial charge >= 0.3 is 0 Å². The van der Waals surface area contributed by atoms with Crippen molar-refractivity contribution in [1.29, 1.82) is 0 Å². The summed E-state index contributed by atoms with van der Waals surface area (Å²) in [6, 6.07) is 0. The van der Waals surface area contributed by atoms with Crippen LogP contribution in [0.2, 0.25) is 0 Å². The summed E-state index contributed by atoms with van der Waals surface area (Å²) in [6.45, 7) is 1.48. The van der Waals surface area contributed by atoms with Crippen LogP contribution in [0.5, 0.6) is 0 Å². The molecule has 0 saturated carbocycles. The van der Waals surface area contributed by atoms with Gasteiger partial charge in [0.2, 0.25) is 12.3 Å². The van der Waals surface area contributed by atoms with Crippen LogP contribution in [0.1, 0.15) is 0 Å². The molecule has 0 aromatic rings. The molecule has 0 aromatic carbocycles. The summed E-state index contributed by atoms with van der Waals surface area (Å²) in [5.74, 6) is 5.36. The molecule has 1 aliphatic heterocycles. The highest BCUT2D eigenvalue weighted by atomic mass is 16.5. The number of ether oxygens (including phenoxy) is 1.